The molecular formula is C28H33N3O3S. The molecule has 3 aromatic carbocycles. The van der Waals surface area contributed by atoms with Crippen LogP contribution in [-0.2, 0) is 23.1 Å². The fourth-order valence-corrected chi connectivity index (χ4v) is 5.81. The van der Waals surface area contributed by atoms with Crippen LogP contribution in [0.4, 0.5) is 5.69 Å². The first-order valence-corrected chi connectivity index (χ1v) is 13.5. The number of anilines is 1. The van der Waals surface area contributed by atoms with E-state index in [9.17, 15) is 13.2 Å². The summed E-state index contributed by atoms with van der Waals surface area (Å²) in [4.78, 5) is 15.4. The summed E-state index contributed by atoms with van der Waals surface area (Å²) in [7, 11) is -3.85. The van der Waals surface area contributed by atoms with Crippen molar-refractivity contribution in [2.75, 3.05) is 17.8 Å². The smallest absolute Gasteiger partial charge is 0.262 e. The van der Waals surface area contributed by atoms with Crippen molar-refractivity contribution in [3.8, 4) is 0 Å². The molecular weight excluding hydrogens is 458 g/mol. The molecule has 1 amide bonds. The lowest BCUT2D eigenvalue weighted by Gasteiger charge is -2.15. The lowest BCUT2D eigenvalue weighted by atomic mass is 10.1. The minimum atomic E-state index is -3.85. The van der Waals surface area contributed by atoms with Crippen LogP contribution in [0.25, 0.3) is 0 Å². The number of hydrogen-bond donors (Lipinski definition) is 2. The highest BCUT2D eigenvalue weighted by molar-refractivity contribution is 7.92. The van der Waals surface area contributed by atoms with Gasteiger partial charge in [0.15, 0.2) is 0 Å². The van der Waals surface area contributed by atoms with Gasteiger partial charge in [-0.1, -0.05) is 48.0 Å². The van der Waals surface area contributed by atoms with E-state index < -0.39 is 10.0 Å². The van der Waals surface area contributed by atoms with Crippen LogP contribution in [0.2, 0.25) is 0 Å². The topological polar surface area (TPSA) is 78.5 Å². The van der Waals surface area contributed by atoms with Crippen LogP contribution in [0.5, 0.6) is 0 Å². The lowest BCUT2D eigenvalue weighted by Crippen LogP contribution is -2.24. The van der Waals surface area contributed by atoms with Crippen molar-refractivity contribution in [3.05, 3.63) is 94.0 Å². The van der Waals surface area contributed by atoms with Gasteiger partial charge in [-0.15, -0.1) is 0 Å². The molecule has 1 heterocycles. The van der Waals surface area contributed by atoms with Crippen LogP contribution >= 0.6 is 0 Å². The third-order valence-electron chi connectivity index (χ3n) is 6.45. The number of rotatable bonds is 8. The fraction of sp³-hybridized carbons (Fsp3) is 0.321. The van der Waals surface area contributed by atoms with Crippen molar-refractivity contribution in [1.29, 1.82) is 0 Å². The highest BCUT2D eigenvalue weighted by Gasteiger charge is 2.20. The standard InChI is InChI=1S/C28H33N3O3S/c1-20-6-13-26(22(3)16-20)30-35(33,34)27-17-25(12-7-21(27)2)28(32)29-18-23-8-10-24(11-9-23)19-31-14-4-5-15-31/h6-13,16-17,30H,4-5,14-15,18-19H2,1-3H3,(H,29,32). The Kier molecular flexibility index (Phi) is 7.57. The van der Waals surface area contributed by atoms with Gasteiger partial charge in [-0.3, -0.25) is 14.4 Å². The van der Waals surface area contributed by atoms with E-state index in [0.29, 0.717) is 23.4 Å². The number of benzene rings is 3. The van der Waals surface area contributed by atoms with E-state index in [0.717, 1.165) is 36.3 Å². The summed E-state index contributed by atoms with van der Waals surface area (Å²) in [6, 6.07) is 18.6. The van der Waals surface area contributed by atoms with Gasteiger partial charge in [-0.05, 0) is 87.2 Å². The second kappa shape index (κ2) is 10.6. The number of nitrogens with one attached hydrogen (secondary N) is 2. The summed E-state index contributed by atoms with van der Waals surface area (Å²) >= 11 is 0. The summed E-state index contributed by atoms with van der Waals surface area (Å²) in [6.45, 7) is 9.20. The second-order valence-corrected chi connectivity index (χ2v) is 11.0. The Morgan fingerprint density at radius 3 is 2.23 bits per heavy atom. The maximum atomic E-state index is 13.1. The predicted octanol–water partition coefficient (Wildman–Crippen LogP) is 4.94. The van der Waals surface area contributed by atoms with E-state index in [-0.39, 0.29) is 10.8 Å². The van der Waals surface area contributed by atoms with Crippen molar-refractivity contribution in [2.45, 2.75) is 51.6 Å². The van der Waals surface area contributed by atoms with Crippen LogP contribution < -0.4 is 10.0 Å². The van der Waals surface area contributed by atoms with Gasteiger partial charge in [0.25, 0.3) is 15.9 Å². The molecule has 3 aromatic rings. The Hall–Kier alpha value is -3.16. The van der Waals surface area contributed by atoms with Crippen molar-refractivity contribution < 1.29 is 13.2 Å². The Morgan fingerprint density at radius 2 is 1.54 bits per heavy atom. The van der Waals surface area contributed by atoms with E-state index in [4.69, 9.17) is 0 Å². The van der Waals surface area contributed by atoms with Crippen LogP contribution in [0, 0.1) is 20.8 Å². The molecule has 4 rings (SSSR count). The van der Waals surface area contributed by atoms with Gasteiger partial charge in [-0.25, -0.2) is 8.42 Å². The van der Waals surface area contributed by atoms with Crippen molar-refractivity contribution >= 4 is 21.6 Å². The third-order valence-corrected chi connectivity index (χ3v) is 7.95. The molecule has 0 aliphatic carbocycles. The monoisotopic (exact) mass is 491 g/mol. The SMILES string of the molecule is Cc1ccc(NS(=O)(=O)c2cc(C(=O)NCc3ccc(CN4CCCC4)cc3)ccc2C)c(C)c1. The number of carbonyl (C=O) groups excluding carboxylic acids is 1. The molecule has 35 heavy (non-hydrogen) atoms. The Labute approximate surface area is 208 Å². The van der Waals surface area contributed by atoms with E-state index in [1.54, 1.807) is 25.1 Å². The summed E-state index contributed by atoms with van der Waals surface area (Å²) in [6.07, 6.45) is 2.54. The van der Waals surface area contributed by atoms with Gasteiger partial charge in [-0.2, -0.15) is 0 Å². The predicted molar refractivity (Wildman–Crippen MR) is 140 cm³/mol. The molecule has 7 heteroatoms. The minimum Gasteiger partial charge on any atom is -0.348 e. The van der Waals surface area contributed by atoms with Crippen molar-refractivity contribution in [1.82, 2.24) is 10.2 Å². The maximum absolute atomic E-state index is 13.1. The summed E-state index contributed by atoms with van der Waals surface area (Å²) in [5.74, 6) is -0.311. The normalized spacial score (nSPS) is 14.1. The van der Waals surface area contributed by atoms with Gasteiger partial charge in [0.1, 0.15) is 0 Å². The zero-order valence-corrected chi connectivity index (χ0v) is 21.4. The van der Waals surface area contributed by atoms with Gasteiger partial charge < -0.3 is 5.32 Å². The molecule has 0 unspecified atom stereocenters. The lowest BCUT2D eigenvalue weighted by molar-refractivity contribution is 0.0950. The molecule has 0 spiro atoms. The molecule has 184 valence electrons. The number of aryl methyl sites for hydroxylation is 3. The van der Waals surface area contributed by atoms with Crippen LogP contribution in [0.1, 0.15) is 51.0 Å². The van der Waals surface area contributed by atoms with Gasteiger partial charge in [0.05, 0.1) is 10.6 Å². The van der Waals surface area contributed by atoms with E-state index in [2.05, 4.69) is 27.1 Å². The number of likely N-dealkylation sites (tertiary alicyclic amines) is 1. The molecule has 1 aliphatic rings. The van der Waals surface area contributed by atoms with Crippen LogP contribution in [0.3, 0.4) is 0 Å². The van der Waals surface area contributed by atoms with Crippen LogP contribution in [-0.4, -0.2) is 32.3 Å². The Bertz CT molecular complexity index is 1310. The van der Waals surface area contributed by atoms with E-state index in [1.807, 2.05) is 38.1 Å². The average Bonchev–Trinajstić information content (AvgIpc) is 3.33. The third kappa shape index (κ3) is 6.29. The summed E-state index contributed by atoms with van der Waals surface area (Å²) in [5.41, 5.74) is 5.58. The first kappa shape index (κ1) is 24.9. The van der Waals surface area contributed by atoms with Gasteiger partial charge >= 0.3 is 0 Å². The minimum absolute atomic E-state index is 0.0939. The zero-order chi connectivity index (χ0) is 25.0. The van der Waals surface area contributed by atoms with Crippen molar-refractivity contribution in [2.24, 2.45) is 0 Å². The quantitative estimate of drug-likeness (QED) is 0.468. The number of nitrogens with zero attached hydrogens (tertiary/aromatic N) is 1. The molecule has 0 atom stereocenters. The molecule has 2 N–H and O–H groups in total. The largest absolute Gasteiger partial charge is 0.348 e. The van der Waals surface area contributed by atoms with Crippen LogP contribution in [0.15, 0.2) is 65.6 Å². The number of carbonyl (C=O) groups is 1. The highest BCUT2D eigenvalue weighted by atomic mass is 32.2. The molecule has 1 saturated heterocycles. The Balaban J connectivity index is 1.42. The molecule has 0 aromatic heterocycles. The first-order valence-electron chi connectivity index (χ1n) is 12.0. The zero-order valence-electron chi connectivity index (χ0n) is 20.6. The van der Waals surface area contributed by atoms with Crippen molar-refractivity contribution in [3.63, 3.8) is 0 Å². The van der Waals surface area contributed by atoms with E-state index >= 15 is 0 Å². The molecule has 1 fully saturated rings. The van der Waals surface area contributed by atoms with Gasteiger partial charge in [0, 0.05) is 18.7 Å². The Morgan fingerprint density at radius 1 is 0.857 bits per heavy atom. The van der Waals surface area contributed by atoms with E-state index in [1.165, 1.54) is 24.5 Å². The average molecular weight is 492 g/mol. The second-order valence-electron chi connectivity index (χ2n) is 9.39. The molecule has 0 radical (unpaired) electrons. The molecule has 1 aliphatic heterocycles. The summed E-state index contributed by atoms with van der Waals surface area (Å²) < 4.78 is 28.9. The molecule has 0 bridgehead atoms. The molecule has 6 nitrogen and oxygen atoms in total. The summed E-state index contributed by atoms with van der Waals surface area (Å²) in [5, 5.41) is 2.91. The van der Waals surface area contributed by atoms with Gasteiger partial charge in [0.2, 0.25) is 0 Å². The number of amides is 1. The molecule has 0 saturated carbocycles. The fourth-order valence-electron chi connectivity index (χ4n) is 4.40. The maximum Gasteiger partial charge on any atom is 0.262 e. The highest BCUT2D eigenvalue weighted by Crippen LogP contribution is 2.24. The number of sulfonamides is 1. The number of hydrogen-bond acceptors (Lipinski definition) is 4. The first-order chi connectivity index (χ1) is 16.7.